The van der Waals surface area contributed by atoms with E-state index in [9.17, 15) is 9.59 Å². The van der Waals surface area contributed by atoms with E-state index in [0.29, 0.717) is 5.69 Å². The van der Waals surface area contributed by atoms with Crippen molar-refractivity contribution in [2.75, 3.05) is 5.32 Å². The molecule has 0 aliphatic heterocycles. The zero-order valence-electron chi connectivity index (χ0n) is 14.0. The molecule has 2 aromatic heterocycles. The van der Waals surface area contributed by atoms with Crippen molar-refractivity contribution < 1.29 is 14.7 Å². The van der Waals surface area contributed by atoms with Crippen molar-refractivity contribution >= 4 is 17.5 Å². The largest absolute Gasteiger partial charge is 0.392 e. The van der Waals surface area contributed by atoms with Gasteiger partial charge in [-0.05, 0) is 29.8 Å². The third-order valence-corrected chi connectivity index (χ3v) is 3.70. The number of pyridine rings is 1. The van der Waals surface area contributed by atoms with E-state index < -0.39 is 11.8 Å². The number of primary amides is 1. The number of rotatable bonds is 5. The van der Waals surface area contributed by atoms with Crippen molar-refractivity contribution in [1.82, 2.24) is 14.8 Å². The first-order valence-corrected chi connectivity index (χ1v) is 7.79. The second kappa shape index (κ2) is 7.47. The van der Waals surface area contributed by atoms with Gasteiger partial charge in [0.1, 0.15) is 5.69 Å². The van der Waals surface area contributed by atoms with Crippen LogP contribution in [-0.2, 0) is 6.61 Å². The molecule has 3 rings (SSSR count). The van der Waals surface area contributed by atoms with Crippen LogP contribution in [0.15, 0.2) is 48.8 Å². The molecule has 3 aromatic rings. The van der Waals surface area contributed by atoms with Gasteiger partial charge in [0.25, 0.3) is 11.8 Å². The Balaban J connectivity index is 1.92. The van der Waals surface area contributed by atoms with E-state index in [1.807, 2.05) is 6.07 Å². The normalized spacial score (nSPS) is 10.2. The molecule has 27 heavy (non-hydrogen) atoms. The highest BCUT2D eigenvalue weighted by Gasteiger charge is 2.18. The number of nitrogens with two attached hydrogens (primary N) is 1. The quantitative estimate of drug-likeness (QED) is 0.616. The molecule has 0 bridgehead atoms. The number of benzene rings is 1. The van der Waals surface area contributed by atoms with Gasteiger partial charge in [0, 0.05) is 6.20 Å². The Morgan fingerprint density at radius 2 is 2.00 bits per heavy atom. The zero-order chi connectivity index (χ0) is 19.4. The molecule has 0 saturated carbocycles. The Labute approximate surface area is 153 Å². The molecule has 9 heteroatoms. The van der Waals surface area contributed by atoms with Crippen LogP contribution < -0.4 is 11.1 Å². The summed E-state index contributed by atoms with van der Waals surface area (Å²) in [5, 5.41) is 24.7. The number of amides is 2. The first-order valence-electron chi connectivity index (χ1n) is 7.79. The first-order chi connectivity index (χ1) is 13.0. The van der Waals surface area contributed by atoms with E-state index in [1.54, 1.807) is 24.3 Å². The van der Waals surface area contributed by atoms with Crippen LogP contribution in [0.3, 0.4) is 0 Å². The van der Waals surface area contributed by atoms with E-state index in [2.05, 4.69) is 15.4 Å². The molecule has 0 aliphatic rings. The fourth-order valence-electron chi connectivity index (χ4n) is 2.34. The third kappa shape index (κ3) is 3.81. The highest BCUT2D eigenvalue weighted by atomic mass is 16.3. The number of hydrogen-bond acceptors (Lipinski definition) is 6. The van der Waals surface area contributed by atoms with Gasteiger partial charge >= 0.3 is 0 Å². The minimum Gasteiger partial charge on any atom is -0.392 e. The average Bonchev–Trinajstić information content (AvgIpc) is 3.12. The minimum absolute atomic E-state index is 0.0181. The van der Waals surface area contributed by atoms with Crippen molar-refractivity contribution in [2.45, 2.75) is 6.61 Å². The van der Waals surface area contributed by atoms with Gasteiger partial charge in [0.15, 0.2) is 5.69 Å². The lowest BCUT2D eigenvalue weighted by Gasteiger charge is -2.03. The third-order valence-electron chi connectivity index (χ3n) is 3.70. The van der Waals surface area contributed by atoms with Crippen molar-refractivity contribution in [3.63, 3.8) is 0 Å². The molecule has 2 amide bonds. The van der Waals surface area contributed by atoms with Crippen LogP contribution in [0, 0.1) is 11.3 Å². The van der Waals surface area contributed by atoms with Gasteiger partial charge in [-0.2, -0.15) is 10.4 Å². The van der Waals surface area contributed by atoms with E-state index in [4.69, 9.17) is 16.1 Å². The van der Waals surface area contributed by atoms with Gasteiger partial charge in [0.2, 0.25) is 0 Å². The Morgan fingerprint density at radius 3 is 2.63 bits per heavy atom. The summed E-state index contributed by atoms with van der Waals surface area (Å²) in [5.41, 5.74) is 6.98. The maximum Gasteiger partial charge on any atom is 0.274 e. The summed E-state index contributed by atoms with van der Waals surface area (Å²) in [5.74, 6) is -1.42. The van der Waals surface area contributed by atoms with Gasteiger partial charge in [-0.1, -0.05) is 12.1 Å². The van der Waals surface area contributed by atoms with E-state index in [0.717, 1.165) is 5.56 Å². The van der Waals surface area contributed by atoms with Crippen molar-refractivity contribution in [3.8, 4) is 11.8 Å². The molecular weight excluding hydrogens is 348 g/mol. The average molecular weight is 362 g/mol. The summed E-state index contributed by atoms with van der Waals surface area (Å²) in [6, 6.07) is 11.5. The van der Waals surface area contributed by atoms with Gasteiger partial charge < -0.3 is 16.2 Å². The number of aliphatic hydroxyl groups excluding tert-OH is 1. The lowest BCUT2D eigenvalue weighted by molar-refractivity contribution is 0.0996. The number of nitrogens with one attached hydrogen (secondary N) is 1. The monoisotopic (exact) mass is 362 g/mol. The summed E-state index contributed by atoms with van der Waals surface area (Å²) in [6.45, 7) is -0.0952. The fraction of sp³-hybridized carbons (Fsp3) is 0.0556. The number of anilines is 1. The molecule has 9 nitrogen and oxygen atoms in total. The molecule has 0 unspecified atom stereocenters. The summed E-state index contributed by atoms with van der Waals surface area (Å²) >= 11 is 0. The second-order valence-electron chi connectivity index (χ2n) is 5.52. The fourth-order valence-corrected chi connectivity index (χ4v) is 2.34. The number of carbonyl (C=O) groups excluding carboxylic acids is 2. The van der Waals surface area contributed by atoms with Gasteiger partial charge in [-0.3, -0.25) is 14.6 Å². The van der Waals surface area contributed by atoms with Crippen LogP contribution in [-0.4, -0.2) is 31.7 Å². The Bertz CT molecular complexity index is 1050. The van der Waals surface area contributed by atoms with E-state index in [1.165, 1.54) is 29.2 Å². The maximum absolute atomic E-state index is 12.4. The number of aliphatic hydroxyl groups is 1. The first kappa shape index (κ1) is 17.8. The SMILES string of the molecule is N#Cc1ccnc(C(=O)Nc2cn(-c3ccc(CO)cc3)nc2C(N)=O)c1. The molecule has 0 radical (unpaired) electrons. The maximum atomic E-state index is 12.4. The van der Waals surface area contributed by atoms with Gasteiger partial charge in [0.05, 0.1) is 35.8 Å². The number of hydrogen-bond donors (Lipinski definition) is 3. The van der Waals surface area contributed by atoms with Crippen molar-refractivity contribution in [2.24, 2.45) is 5.73 Å². The molecule has 1 aromatic carbocycles. The highest BCUT2D eigenvalue weighted by molar-refractivity contribution is 6.07. The summed E-state index contributed by atoms with van der Waals surface area (Å²) in [6.07, 6.45) is 2.79. The molecule has 0 saturated heterocycles. The van der Waals surface area contributed by atoms with Crippen LogP contribution in [0.1, 0.15) is 32.1 Å². The number of carbonyl (C=O) groups is 2. The number of nitrogens with zero attached hydrogens (tertiary/aromatic N) is 4. The topological polar surface area (TPSA) is 147 Å². The van der Waals surface area contributed by atoms with E-state index in [-0.39, 0.29) is 29.2 Å². The van der Waals surface area contributed by atoms with E-state index >= 15 is 0 Å². The van der Waals surface area contributed by atoms with Crippen molar-refractivity contribution in [1.29, 1.82) is 5.26 Å². The van der Waals surface area contributed by atoms with Crippen LogP contribution in [0.25, 0.3) is 5.69 Å². The minimum atomic E-state index is -0.810. The summed E-state index contributed by atoms with van der Waals surface area (Å²) in [7, 11) is 0. The van der Waals surface area contributed by atoms with Crippen LogP contribution in [0.2, 0.25) is 0 Å². The summed E-state index contributed by atoms with van der Waals surface area (Å²) < 4.78 is 1.38. The molecule has 0 fully saturated rings. The molecule has 0 aliphatic carbocycles. The zero-order valence-corrected chi connectivity index (χ0v) is 14.0. The van der Waals surface area contributed by atoms with Crippen molar-refractivity contribution in [3.05, 3.63) is 71.3 Å². The molecule has 4 N–H and O–H groups in total. The second-order valence-corrected chi connectivity index (χ2v) is 5.52. The molecule has 0 atom stereocenters. The molecule has 2 heterocycles. The lowest BCUT2D eigenvalue weighted by Crippen LogP contribution is -2.18. The number of aromatic nitrogens is 3. The predicted molar refractivity (Wildman–Crippen MR) is 94.9 cm³/mol. The Kier molecular flexibility index (Phi) is 4.92. The van der Waals surface area contributed by atoms with Gasteiger partial charge in [-0.25, -0.2) is 4.68 Å². The molecule has 134 valence electrons. The summed E-state index contributed by atoms with van der Waals surface area (Å²) in [4.78, 5) is 28.0. The number of nitriles is 1. The van der Waals surface area contributed by atoms with Crippen LogP contribution >= 0.6 is 0 Å². The highest BCUT2D eigenvalue weighted by Crippen LogP contribution is 2.18. The van der Waals surface area contributed by atoms with Crippen LogP contribution in [0.4, 0.5) is 5.69 Å². The van der Waals surface area contributed by atoms with Crippen LogP contribution in [0.5, 0.6) is 0 Å². The predicted octanol–water partition coefficient (Wildman–Crippen LogP) is 0.982. The Hall–Kier alpha value is -4.03. The molecular formula is C18H14N6O3. The standard InChI is InChI=1S/C18H14N6O3/c19-8-12-5-6-21-14(7-12)18(27)22-15-9-24(23-16(15)17(20)26)13-3-1-11(10-25)2-4-13/h1-7,9,25H,10H2,(H2,20,26)(H,22,27). The lowest BCUT2D eigenvalue weighted by atomic mass is 10.2. The van der Waals surface area contributed by atoms with Gasteiger partial charge in [-0.15, -0.1) is 0 Å². The smallest absolute Gasteiger partial charge is 0.274 e. The molecule has 0 spiro atoms. The Morgan fingerprint density at radius 1 is 1.26 bits per heavy atom.